The second kappa shape index (κ2) is 4.66. The molecule has 1 aromatic carbocycles. The number of methoxy groups -OCH3 is 1. The van der Waals surface area contributed by atoms with Crippen molar-refractivity contribution in [3.8, 4) is 29.5 Å². The standard InChI is InChI=1S/C12H12N4O/c1-4-7-16-14-12(13-15-16)10-5-6-11(17-3)9(2)8-10/h1,5-6,8H,7H2,2-3H3. The average Bonchev–Trinajstić information content (AvgIpc) is 2.78. The van der Waals surface area contributed by atoms with Crippen molar-refractivity contribution in [2.45, 2.75) is 13.5 Å². The maximum Gasteiger partial charge on any atom is 0.204 e. The van der Waals surface area contributed by atoms with Gasteiger partial charge in [0.25, 0.3) is 0 Å². The zero-order chi connectivity index (χ0) is 12.3. The Balaban J connectivity index is 2.33. The lowest BCUT2D eigenvalue weighted by Gasteiger charge is -2.04. The van der Waals surface area contributed by atoms with Gasteiger partial charge in [0.05, 0.1) is 7.11 Å². The van der Waals surface area contributed by atoms with E-state index in [2.05, 4.69) is 21.3 Å². The van der Waals surface area contributed by atoms with Crippen LogP contribution in [0.5, 0.6) is 5.75 Å². The molecule has 17 heavy (non-hydrogen) atoms. The molecule has 0 radical (unpaired) electrons. The van der Waals surface area contributed by atoms with Gasteiger partial charge in [0.1, 0.15) is 12.3 Å². The van der Waals surface area contributed by atoms with E-state index in [9.17, 15) is 0 Å². The number of aryl methyl sites for hydroxylation is 1. The Bertz CT molecular complexity index is 568. The molecule has 0 N–H and O–H groups in total. The molecule has 1 heterocycles. The van der Waals surface area contributed by atoms with Gasteiger partial charge < -0.3 is 4.74 Å². The van der Waals surface area contributed by atoms with Crippen LogP contribution in [0.4, 0.5) is 0 Å². The van der Waals surface area contributed by atoms with Crippen LogP contribution in [0.15, 0.2) is 18.2 Å². The summed E-state index contributed by atoms with van der Waals surface area (Å²) in [6, 6.07) is 5.73. The van der Waals surface area contributed by atoms with E-state index >= 15 is 0 Å². The van der Waals surface area contributed by atoms with E-state index in [-0.39, 0.29) is 0 Å². The van der Waals surface area contributed by atoms with Crippen LogP contribution in [0.1, 0.15) is 5.56 Å². The first-order valence-corrected chi connectivity index (χ1v) is 5.11. The van der Waals surface area contributed by atoms with Gasteiger partial charge in [-0.25, -0.2) is 0 Å². The molecule has 1 aromatic heterocycles. The number of hydrogen-bond acceptors (Lipinski definition) is 4. The minimum absolute atomic E-state index is 0.322. The van der Waals surface area contributed by atoms with Gasteiger partial charge in [0.2, 0.25) is 5.82 Å². The second-order valence-electron chi connectivity index (χ2n) is 3.53. The number of rotatable bonds is 3. The number of nitrogens with zero attached hydrogens (tertiary/aromatic N) is 4. The molecule has 0 bridgehead atoms. The van der Waals surface area contributed by atoms with E-state index in [1.807, 2.05) is 25.1 Å². The molecular weight excluding hydrogens is 216 g/mol. The van der Waals surface area contributed by atoms with Gasteiger partial charge in [-0.2, -0.15) is 4.80 Å². The predicted octanol–water partition coefficient (Wildman–Crippen LogP) is 1.29. The largest absolute Gasteiger partial charge is 0.496 e. The van der Waals surface area contributed by atoms with Gasteiger partial charge >= 0.3 is 0 Å². The smallest absolute Gasteiger partial charge is 0.204 e. The monoisotopic (exact) mass is 228 g/mol. The molecule has 0 unspecified atom stereocenters. The van der Waals surface area contributed by atoms with E-state index in [4.69, 9.17) is 11.2 Å². The molecule has 2 aromatic rings. The van der Waals surface area contributed by atoms with E-state index in [0.29, 0.717) is 12.4 Å². The van der Waals surface area contributed by atoms with Gasteiger partial charge in [0.15, 0.2) is 0 Å². The molecule has 0 atom stereocenters. The summed E-state index contributed by atoms with van der Waals surface area (Å²) in [7, 11) is 1.64. The van der Waals surface area contributed by atoms with E-state index in [0.717, 1.165) is 16.9 Å². The molecule has 0 spiro atoms. The fourth-order valence-electron chi connectivity index (χ4n) is 1.52. The summed E-state index contributed by atoms with van der Waals surface area (Å²) in [6.45, 7) is 2.29. The number of tetrazole rings is 1. The molecule has 0 aliphatic heterocycles. The van der Waals surface area contributed by atoms with E-state index in [1.54, 1.807) is 7.11 Å². The highest BCUT2D eigenvalue weighted by atomic mass is 16.5. The van der Waals surface area contributed by atoms with Crippen molar-refractivity contribution < 1.29 is 4.74 Å². The molecule has 0 fully saturated rings. The first-order valence-electron chi connectivity index (χ1n) is 5.11. The molecule has 0 amide bonds. The van der Waals surface area contributed by atoms with E-state index < -0.39 is 0 Å². The number of terminal acetylenes is 1. The van der Waals surface area contributed by atoms with Crippen molar-refractivity contribution in [1.29, 1.82) is 0 Å². The third-order valence-electron chi connectivity index (χ3n) is 2.34. The van der Waals surface area contributed by atoms with Crippen molar-refractivity contribution in [3.05, 3.63) is 23.8 Å². The molecule has 0 aliphatic carbocycles. The zero-order valence-electron chi connectivity index (χ0n) is 9.71. The summed E-state index contributed by atoms with van der Waals surface area (Å²) < 4.78 is 5.19. The van der Waals surface area contributed by atoms with Crippen molar-refractivity contribution in [2.24, 2.45) is 0 Å². The van der Waals surface area contributed by atoms with E-state index in [1.165, 1.54) is 4.80 Å². The third-order valence-corrected chi connectivity index (χ3v) is 2.34. The Morgan fingerprint density at radius 1 is 1.47 bits per heavy atom. The normalized spacial score (nSPS) is 9.94. The molecular formula is C12H12N4O. The molecule has 5 heteroatoms. The topological polar surface area (TPSA) is 52.8 Å². The van der Waals surface area contributed by atoms with Crippen LogP contribution in [0.3, 0.4) is 0 Å². The maximum absolute atomic E-state index is 5.19. The lowest BCUT2D eigenvalue weighted by molar-refractivity contribution is 0.412. The summed E-state index contributed by atoms with van der Waals surface area (Å²) >= 11 is 0. The lowest BCUT2D eigenvalue weighted by atomic mass is 10.1. The minimum Gasteiger partial charge on any atom is -0.496 e. The van der Waals surface area contributed by atoms with Gasteiger partial charge in [-0.15, -0.1) is 16.6 Å². The van der Waals surface area contributed by atoms with Gasteiger partial charge in [0, 0.05) is 5.56 Å². The lowest BCUT2D eigenvalue weighted by Crippen LogP contribution is -1.99. The van der Waals surface area contributed by atoms with Gasteiger partial charge in [-0.05, 0) is 35.9 Å². The quantitative estimate of drug-likeness (QED) is 0.743. The molecule has 0 saturated heterocycles. The average molecular weight is 228 g/mol. The Morgan fingerprint density at radius 2 is 2.29 bits per heavy atom. The highest BCUT2D eigenvalue weighted by Gasteiger charge is 2.07. The summed E-state index contributed by atoms with van der Waals surface area (Å²) in [5, 5.41) is 12.0. The van der Waals surface area contributed by atoms with Crippen LogP contribution in [0.2, 0.25) is 0 Å². The molecule has 0 aliphatic rings. The summed E-state index contributed by atoms with van der Waals surface area (Å²) in [5.41, 5.74) is 1.92. The first kappa shape index (κ1) is 11.1. The van der Waals surface area contributed by atoms with Crippen LogP contribution >= 0.6 is 0 Å². The minimum atomic E-state index is 0.322. The number of benzene rings is 1. The fourth-order valence-corrected chi connectivity index (χ4v) is 1.52. The zero-order valence-corrected chi connectivity index (χ0v) is 9.71. The van der Waals surface area contributed by atoms with Crippen LogP contribution < -0.4 is 4.74 Å². The predicted molar refractivity (Wildman–Crippen MR) is 63.4 cm³/mol. The Labute approximate surface area is 99.4 Å². The molecule has 0 saturated carbocycles. The number of hydrogen-bond donors (Lipinski definition) is 0. The van der Waals surface area contributed by atoms with Crippen molar-refractivity contribution in [2.75, 3.05) is 7.11 Å². The summed E-state index contributed by atoms with van der Waals surface area (Å²) in [5.74, 6) is 3.86. The summed E-state index contributed by atoms with van der Waals surface area (Å²) in [4.78, 5) is 1.38. The number of aromatic nitrogens is 4. The Kier molecular flexibility index (Phi) is 3.06. The van der Waals surface area contributed by atoms with Crippen LogP contribution in [-0.4, -0.2) is 27.3 Å². The van der Waals surface area contributed by atoms with Crippen LogP contribution in [-0.2, 0) is 6.54 Å². The highest BCUT2D eigenvalue weighted by molar-refractivity contribution is 5.57. The fraction of sp³-hybridized carbons (Fsp3) is 0.250. The van der Waals surface area contributed by atoms with Crippen molar-refractivity contribution in [3.63, 3.8) is 0 Å². The second-order valence-corrected chi connectivity index (χ2v) is 3.53. The molecule has 86 valence electrons. The maximum atomic E-state index is 5.19. The van der Waals surface area contributed by atoms with Crippen molar-refractivity contribution >= 4 is 0 Å². The highest BCUT2D eigenvalue weighted by Crippen LogP contribution is 2.23. The van der Waals surface area contributed by atoms with Crippen molar-refractivity contribution in [1.82, 2.24) is 20.2 Å². The third kappa shape index (κ3) is 2.26. The first-order chi connectivity index (χ1) is 8.24. The Morgan fingerprint density at radius 3 is 2.94 bits per heavy atom. The molecule has 2 rings (SSSR count). The van der Waals surface area contributed by atoms with Crippen LogP contribution in [0, 0.1) is 19.3 Å². The SMILES string of the molecule is C#CCn1nnc(-c2ccc(OC)c(C)c2)n1. The Hall–Kier alpha value is -2.35. The van der Waals surface area contributed by atoms with Crippen LogP contribution in [0.25, 0.3) is 11.4 Å². The number of ether oxygens (including phenoxy) is 1. The van der Waals surface area contributed by atoms with Gasteiger partial charge in [-0.1, -0.05) is 5.92 Å². The summed E-state index contributed by atoms with van der Waals surface area (Å²) in [6.07, 6.45) is 5.18. The van der Waals surface area contributed by atoms with Gasteiger partial charge in [-0.3, -0.25) is 0 Å². The molecule has 5 nitrogen and oxygen atoms in total.